The number of phenolic OH excluding ortho intramolecular Hbond substituents is 1. The van der Waals surface area contributed by atoms with Crippen molar-refractivity contribution in [2.45, 2.75) is 65.9 Å². The average Bonchev–Trinajstić information content (AvgIpc) is 3.17. The first-order valence-corrected chi connectivity index (χ1v) is 13.1. The quantitative estimate of drug-likeness (QED) is 0.327. The standard InChI is InChI=1S/C28H31Cl2NO6/c1-16(32)37-31(24(33)10-9-17-13-19(29)15-21(30)25(17)34)22-8-6-5-7-20(22)26(35)36-23-14-18-11-12-28(23,4)27(18,2)3/h5-8,13,15,18,23,34H,9-12,14H2,1-4H3. The molecular formula is C28H31Cl2NO6. The van der Waals surface area contributed by atoms with Crippen molar-refractivity contribution in [2.75, 3.05) is 5.06 Å². The van der Waals surface area contributed by atoms with E-state index in [1.807, 2.05) is 0 Å². The number of ether oxygens (including phenoxy) is 1. The number of anilines is 1. The molecule has 9 heteroatoms. The summed E-state index contributed by atoms with van der Waals surface area (Å²) in [5.41, 5.74) is 0.525. The number of carbonyl (C=O) groups excluding carboxylic acids is 3. The van der Waals surface area contributed by atoms with E-state index < -0.39 is 17.8 Å². The number of benzene rings is 2. The lowest BCUT2D eigenvalue weighted by molar-refractivity contribution is -0.148. The topological polar surface area (TPSA) is 93.1 Å². The van der Waals surface area contributed by atoms with E-state index >= 15 is 0 Å². The Morgan fingerprint density at radius 2 is 1.84 bits per heavy atom. The minimum absolute atomic E-state index is 0.0615. The lowest BCUT2D eigenvalue weighted by atomic mass is 9.70. The van der Waals surface area contributed by atoms with Gasteiger partial charge in [-0.2, -0.15) is 0 Å². The number of rotatable bonds is 6. The van der Waals surface area contributed by atoms with Crippen LogP contribution in [0.5, 0.6) is 5.75 Å². The molecule has 0 saturated heterocycles. The van der Waals surface area contributed by atoms with Crippen LogP contribution in [0.15, 0.2) is 36.4 Å². The molecule has 2 fully saturated rings. The van der Waals surface area contributed by atoms with Crippen LogP contribution in [0.4, 0.5) is 5.69 Å². The molecular weight excluding hydrogens is 517 g/mol. The Bertz CT molecular complexity index is 1250. The molecule has 3 unspecified atom stereocenters. The van der Waals surface area contributed by atoms with Gasteiger partial charge in [-0.3, -0.25) is 4.79 Å². The van der Waals surface area contributed by atoms with Crippen molar-refractivity contribution >= 4 is 46.7 Å². The Morgan fingerprint density at radius 3 is 2.46 bits per heavy atom. The second-order valence-corrected chi connectivity index (χ2v) is 11.5. The molecule has 7 nitrogen and oxygen atoms in total. The molecule has 4 rings (SSSR count). The number of hydroxylamine groups is 1. The van der Waals surface area contributed by atoms with Crippen molar-refractivity contribution in [1.82, 2.24) is 0 Å². The third kappa shape index (κ3) is 5.04. The summed E-state index contributed by atoms with van der Waals surface area (Å²) >= 11 is 12.0. The summed E-state index contributed by atoms with van der Waals surface area (Å²) in [6, 6.07) is 9.28. The predicted molar refractivity (Wildman–Crippen MR) is 141 cm³/mol. The number of hydrogen-bond donors (Lipinski definition) is 1. The van der Waals surface area contributed by atoms with Gasteiger partial charge in [0.2, 0.25) is 0 Å². The van der Waals surface area contributed by atoms with Gasteiger partial charge in [-0.15, -0.1) is 5.06 Å². The molecule has 0 spiro atoms. The van der Waals surface area contributed by atoms with Crippen LogP contribution in [0.2, 0.25) is 10.0 Å². The highest BCUT2D eigenvalue weighted by Gasteiger charge is 2.63. The van der Waals surface area contributed by atoms with Crippen molar-refractivity contribution < 1.29 is 29.1 Å². The first-order valence-electron chi connectivity index (χ1n) is 12.3. The number of carbonyl (C=O) groups is 3. The average molecular weight is 548 g/mol. The molecule has 2 aliphatic carbocycles. The summed E-state index contributed by atoms with van der Waals surface area (Å²) in [6.07, 6.45) is 2.59. The normalized spacial score (nSPS) is 23.5. The summed E-state index contributed by atoms with van der Waals surface area (Å²) in [5, 5.41) is 11.4. The zero-order valence-corrected chi connectivity index (χ0v) is 22.9. The number of halogens is 2. The number of esters is 1. The molecule has 0 aromatic heterocycles. The molecule has 3 atom stereocenters. The van der Waals surface area contributed by atoms with Gasteiger partial charge < -0.3 is 14.7 Å². The maximum atomic E-state index is 13.4. The van der Waals surface area contributed by atoms with E-state index in [-0.39, 0.29) is 51.8 Å². The lowest BCUT2D eigenvalue weighted by Gasteiger charge is -2.38. The lowest BCUT2D eigenvalue weighted by Crippen LogP contribution is -2.39. The maximum Gasteiger partial charge on any atom is 0.340 e. The molecule has 1 amide bonds. The van der Waals surface area contributed by atoms with Gasteiger partial charge >= 0.3 is 11.9 Å². The monoisotopic (exact) mass is 547 g/mol. The molecule has 2 aromatic rings. The largest absolute Gasteiger partial charge is 0.506 e. The van der Waals surface area contributed by atoms with Gasteiger partial charge in [-0.25, -0.2) is 9.59 Å². The van der Waals surface area contributed by atoms with Gasteiger partial charge in [-0.1, -0.05) is 56.1 Å². The smallest absolute Gasteiger partial charge is 0.340 e. The molecule has 2 aliphatic rings. The minimum atomic E-state index is -0.729. The predicted octanol–water partition coefficient (Wildman–Crippen LogP) is 6.51. The van der Waals surface area contributed by atoms with E-state index in [1.54, 1.807) is 18.2 Å². The Balaban J connectivity index is 1.57. The second-order valence-electron chi connectivity index (χ2n) is 10.7. The third-order valence-electron chi connectivity index (χ3n) is 8.47. The number of hydrogen-bond acceptors (Lipinski definition) is 6. The molecule has 0 radical (unpaired) electrons. The molecule has 198 valence electrons. The van der Waals surface area contributed by atoms with Crippen LogP contribution in [0.25, 0.3) is 0 Å². The van der Waals surface area contributed by atoms with Crippen LogP contribution in [-0.4, -0.2) is 29.1 Å². The number of fused-ring (bicyclic) bond motifs is 2. The fraction of sp³-hybridized carbons (Fsp3) is 0.464. The van der Waals surface area contributed by atoms with E-state index in [1.165, 1.54) is 25.1 Å². The Labute approximate surface area is 226 Å². The van der Waals surface area contributed by atoms with Crippen LogP contribution in [0.1, 0.15) is 69.3 Å². The van der Waals surface area contributed by atoms with Crippen LogP contribution in [-0.2, 0) is 25.6 Å². The van der Waals surface area contributed by atoms with Crippen LogP contribution >= 0.6 is 23.2 Å². The first-order chi connectivity index (χ1) is 17.3. The van der Waals surface area contributed by atoms with E-state index in [0.29, 0.717) is 16.5 Å². The van der Waals surface area contributed by atoms with Gasteiger partial charge in [0.25, 0.3) is 5.91 Å². The molecule has 0 aliphatic heterocycles. The van der Waals surface area contributed by atoms with E-state index in [4.69, 9.17) is 32.8 Å². The highest BCUT2D eigenvalue weighted by atomic mass is 35.5. The minimum Gasteiger partial charge on any atom is -0.506 e. The van der Waals surface area contributed by atoms with Crippen LogP contribution in [0, 0.1) is 16.7 Å². The van der Waals surface area contributed by atoms with E-state index in [9.17, 15) is 19.5 Å². The van der Waals surface area contributed by atoms with Gasteiger partial charge in [0.1, 0.15) is 11.9 Å². The van der Waals surface area contributed by atoms with Crippen LogP contribution < -0.4 is 5.06 Å². The Kier molecular flexibility index (Phi) is 7.50. The number of aromatic hydroxyl groups is 1. The molecule has 0 heterocycles. The van der Waals surface area contributed by atoms with Crippen molar-refractivity contribution in [3.05, 3.63) is 57.6 Å². The number of aryl methyl sites for hydroxylation is 1. The number of phenols is 1. The number of amides is 1. The number of para-hydroxylation sites is 1. The fourth-order valence-electron chi connectivity index (χ4n) is 5.84. The fourth-order valence-corrected chi connectivity index (χ4v) is 6.38. The SMILES string of the molecule is CC(=O)ON(C(=O)CCc1cc(Cl)cc(Cl)c1O)c1ccccc1C(=O)OC1CC2CCC1(C)C2(C)C. The van der Waals surface area contributed by atoms with Gasteiger partial charge in [0.15, 0.2) is 0 Å². The summed E-state index contributed by atoms with van der Waals surface area (Å²) in [7, 11) is 0. The zero-order chi connectivity index (χ0) is 27.1. The summed E-state index contributed by atoms with van der Waals surface area (Å²) < 4.78 is 6.04. The Hall–Kier alpha value is -2.77. The first kappa shape index (κ1) is 27.3. The third-order valence-corrected chi connectivity index (χ3v) is 8.97. The summed E-state index contributed by atoms with van der Waals surface area (Å²) in [5.74, 6) is -1.59. The van der Waals surface area contributed by atoms with Gasteiger partial charge in [0.05, 0.1) is 16.3 Å². The van der Waals surface area contributed by atoms with Crippen molar-refractivity contribution in [2.24, 2.45) is 16.7 Å². The highest BCUT2D eigenvalue weighted by Crippen LogP contribution is 2.66. The van der Waals surface area contributed by atoms with Crippen molar-refractivity contribution in [1.29, 1.82) is 0 Å². The van der Waals surface area contributed by atoms with Crippen molar-refractivity contribution in [3.8, 4) is 5.75 Å². The molecule has 37 heavy (non-hydrogen) atoms. The summed E-state index contributed by atoms with van der Waals surface area (Å²) in [4.78, 5) is 43.8. The van der Waals surface area contributed by atoms with Gasteiger partial charge in [0, 0.05) is 23.8 Å². The number of nitrogens with zero attached hydrogens (tertiary/aromatic N) is 1. The maximum absolute atomic E-state index is 13.4. The molecule has 2 saturated carbocycles. The Morgan fingerprint density at radius 1 is 1.14 bits per heavy atom. The molecule has 2 bridgehead atoms. The van der Waals surface area contributed by atoms with E-state index in [2.05, 4.69) is 20.8 Å². The second kappa shape index (κ2) is 10.2. The zero-order valence-electron chi connectivity index (χ0n) is 21.3. The summed E-state index contributed by atoms with van der Waals surface area (Å²) in [6.45, 7) is 7.81. The van der Waals surface area contributed by atoms with Crippen LogP contribution in [0.3, 0.4) is 0 Å². The van der Waals surface area contributed by atoms with Gasteiger partial charge in [-0.05, 0) is 66.8 Å². The molecule has 1 N–H and O–H groups in total. The van der Waals surface area contributed by atoms with E-state index in [0.717, 1.165) is 24.3 Å². The highest BCUT2D eigenvalue weighted by molar-refractivity contribution is 6.35. The molecule has 2 aromatic carbocycles. The van der Waals surface area contributed by atoms with Crippen molar-refractivity contribution in [3.63, 3.8) is 0 Å².